The van der Waals surface area contributed by atoms with Crippen molar-refractivity contribution in [2.24, 2.45) is 0 Å². The minimum Gasteiger partial charge on any atom is -0.387 e. The third-order valence-electron chi connectivity index (χ3n) is 3.12. The van der Waals surface area contributed by atoms with Crippen molar-refractivity contribution in [3.8, 4) is 0 Å². The maximum absolute atomic E-state index is 10.3. The van der Waals surface area contributed by atoms with Crippen LogP contribution in [0, 0.1) is 20.8 Å². The molecule has 1 N–H and O–H groups in total. The number of thiophene rings is 1. The molecule has 1 aromatic heterocycles. The summed E-state index contributed by atoms with van der Waals surface area (Å²) in [6.45, 7) is 6.24. The number of hydrogen-bond acceptors (Lipinski definition) is 2. The highest BCUT2D eigenvalue weighted by atomic mass is 32.1. The second kappa shape index (κ2) is 5.03. The first-order valence-corrected chi connectivity index (χ1v) is 6.74. The van der Waals surface area contributed by atoms with Crippen molar-refractivity contribution in [3.63, 3.8) is 0 Å². The number of benzene rings is 1. The van der Waals surface area contributed by atoms with Gasteiger partial charge in [0.2, 0.25) is 0 Å². The lowest BCUT2D eigenvalue weighted by Gasteiger charge is -2.13. The van der Waals surface area contributed by atoms with E-state index in [0.29, 0.717) is 6.42 Å². The Morgan fingerprint density at radius 1 is 1.12 bits per heavy atom. The normalized spacial score (nSPS) is 12.7. The molecular formula is C15H18OS. The van der Waals surface area contributed by atoms with E-state index in [1.165, 1.54) is 22.3 Å². The molecule has 2 rings (SSSR count). The van der Waals surface area contributed by atoms with Crippen LogP contribution in [0.2, 0.25) is 0 Å². The summed E-state index contributed by atoms with van der Waals surface area (Å²) < 4.78 is 0. The SMILES string of the molecule is Cc1ccc(C)c(CC(O)c2sccc2C)c1. The fourth-order valence-electron chi connectivity index (χ4n) is 2.05. The fourth-order valence-corrected chi connectivity index (χ4v) is 2.96. The van der Waals surface area contributed by atoms with E-state index in [4.69, 9.17) is 0 Å². The van der Waals surface area contributed by atoms with Crippen molar-refractivity contribution < 1.29 is 5.11 Å². The fraction of sp³-hybridized carbons (Fsp3) is 0.333. The van der Waals surface area contributed by atoms with Crippen molar-refractivity contribution in [1.29, 1.82) is 0 Å². The molecule has 0 aliphatic heterocycles. The van der Waals surface area contributed by atoms with Crippen LogP contribution in [0.3, 0.4) is 0 Å². The van der Waals surface area contributed by atoms with Crippen LogP contribution in [0.4, 0.5) is 0 Å². The monoisotopic (exact) mass is 246 g/mol. The van der Waals surface area contributed by atoms with E-state index >= 15 is 0 Å². The molecule has 2 heteroatoms. The second-order valence-corrected chi connectivity index (χ2v) is 5.57. The third kappa shape index (κ3) is 2.76. The van der Waals surface area contributed by atoms with Gasteiger partial charge in [0.1, 0.15) is 0 Å². The Hall–Kier alpha value is -1.12. The zero-order valence-corrected chi connectivity index (χ0v) is 11.3. The number of aliphatic hydroxyl groups is 1. The van der Waals surface area contributed by atoms with E-state index < -0.39 is 0 Å². The molecule has 1 aromatic carbocycles. The van der Waals surface area contributed by atoms with Gasteiger partial charge in [-0.3, -0.25) is 0 Å². The zero-order valence-electron chi connectivity index (χ0n) is 10.5. The topological polar surface area (TPSA) is 20.2 Å². The van der Waals surface area contributed by atoms with E-state index in [1.807, 2.05) is 5.38 Å². The van der Waals surface area contributed by atoms with Crippen LogP contribution < -0.4 is 0 Å². The maximum Gasteiger partial charge on any atom is 0.0924 e. The van der Waals surface area contributed by atoms with Gasteiger partial charge in [-0.15, -0.1) is 11.3 Å². The lowest BCUT2D eigenvalue weighted by atomic mass is 9.99. The predicted molar refractivity (Wildman–Crippen MR) is 73.6 cm³/mol. The summed E-state index contributed by atoms with van der Waals surface area (Å²) in [4.78, 5) is 1.09. The Labute approximate surface area is 107 Å². The smallest absolute Gasteiger partial charge is 0.0924 e. The van der Waals surface area contributed by atoms with E-state index in [1.54, 1.807) is 11.3 Å². The van der Waals surface area contributed by atoms with Crippen LogP contribution in [0.15, 0.2) is 29.6 Å². The van der Waals surface area contributed by atoms with E-state index in [2.05, 4.69) is 45.0 Å². The van der Waals surface area contributed by atoms with Gasteiger partial charge in [0.25, 0.3) is 0 Å². The Morgan fingerprint density at radius 3 is 2.53 bits per heavy atom. The number of aliphatic hydroxyl groups excluding tert-OH is 1. The molecular weight excluding hydrogens is 228 g/mol. The molecule has 0 aliphatic rings. The average molecular weight is 246 g/mol. The third-order valence-corrected chi connectivity index (χ3v) is 4.24. The van der Waals surface area contributed by atoms with Gasteiger partial charge >= 0.3 is 0 Å². The molecule has 0 fully saturated rings. The largest absolute Gasteiger partial charge is 0.387 e. The van der Waals surface area contributed by atoms with Gasteiger partial charge in [-0.05, 0) is 48.9 Å². The van der Waals surface area contributed by atoms with Crippen LogP contribution in [0.5, 0.6) is 0 Å². The minimum atomic E-state index is -0.379. The van der Waals surface area contributed by atoms with Crippen LogP contribution in [-0.4, -0.2) is 5.11 Å². The summed E-state index contributed by atoms with van der Waals surface area (Å²) >= 11 is 1.64. The molecule has 0 saturated carbocycles. The van der Waals surface area contributed by atoms with Crippen molar-refractivity contribution in [3.05, 3.63) is 56.8 Å². The van der Waals surface area contributed by atoms with Crippen LogP contribution in [-0.2, 0) is 6.42 Å². The zero-order chi connectivity index (χ0) is 12.4. The van der Waals surface area contributed by atoms with E-state index in [0.717, 1.165) is 4.88 Å². The quantitative estimate of drug-likeness (QED) is 0.869. The Balaban J connectivity index is 2.21. The summed E-state index contributed by atoms with van der Waals surface area (Å²) in [6.07, 6.45) is 0.324. The number of hydrogen-bond donors (Lipinski definition) is 1. The molecule has 0 saturated heterocycles. The van der Waals surface area contributed by atoms with E-state index in [9.17, 15) is 5.11 Å². The van der Waals surface area contributed by atoms with Gasteiger partial charge < -0.3 is 5.11 Å². The molecule has 1 unspecified atom stereocenters. The molecule has 0 spiro atoms. The number of aryl methyl sites for hydroxylation is 3. The van der Waals surface area contributed by atoms with Gasteiger partial charge in [-0.1, -0.05) is 23.8 Å². The van der Waals surface area contributed by atoms with Gasteiger partial charge in [-0.2, -0.15) is 0 Å². The molecule has 90 valence electrons. The Bertz CT molecular complexity index is 513. The summed E-state index contributed by atoms with van der Waals surface area (Å²) in [5, 5.41) is 12.3. The molecule has 17 heavy (non-hydrogen) atoms. The van der Waals surface area contributed by atoms with Crippen molar-refractivity contribution in [1.82, 2.24) is 0 Å². The molecule has 0 bridgehead atoms. The summed E-state index contributed by atoms with van der Waals surface area (Å²) in [7, 11) is 0. The van der Waals surface area contributed by atoms with E-state index in [-0.39, 0.29) is 6.10 Å². The lowest BCUT2D eigenvalue weighted by Crippen LogP contribution is -2.03. The van der Waals surface area contributed by atoms with Crippen LogP contribution in [0.1, 0.15) is 33.2 Å². The standard InChI is InChI=1S/C15H18OS/c1-10-4-5-11(2)13(8-10)9-14(16)15-12(3)6-7-17-15/h4-8,14,16H,9H2,1-3H3. The highest BCUT2D eigenvalue weighted by Crippen LogP contribution is 2.27. The molecule has 0 amide bonds. The predicted octanol–water partition coefficient (Wildman–Crippen LogP) is 3.95. The van der Waals surface area contributed by atoms with Crippen LogP contribution in [0.25, 0.3) is 0 Å². The van der Waals surface area contributed by atoms with Crippen molar-refractivity contribution in [2.75, 3.05) is 0 Å². The maximum atomic E-state index is 10.3. The first-order valence-electron chi connectivity index (χ1n) is 5.86. The molecule has 1 nitrogen and oxygen atoms in total. The molecule has 0 radical (unpaired) electrons. The Morgan fingerprint density at radius 2 is 1.88 bits per heavy atom. The molecule has 2 aromatic rings. The van der Waals surface area contributed by atoms with Gasteiger partial charge in [-0.25, -0.2) is 0 Å². The van der Waals surface area contributed by atoms with Gasteiger partial charge in [0.15, 0.2) is 0 Å². The lowest BCUT2D eigenvalue weighted by molar-refractivity contribution is 0.181. The first-order chi connectivity index (χ1) is 8.08. The molecule has 1 atom stereocenters. The first kappa shape index (κ1) is 12.3. The summed E-state index contributed by atoms with van der Waals surface area (Å²) in [6, 6.07) is 8.47. The Kier molecular flexibility index (Phi) is 3.65. The van der Waals surface area contributed by atoms with Crippen LogP contribution >= 0.6 is 11.3 Å². The van der Waals surface area contributed by atoms with Gasteiger partial charge in [0, 0.05) is 11.3 Å². The van der Waals surface area contributed by atoms with Crippen molar-refractivity contribution >= 4 is 11.3 Å². The van der Waals surface area contributed by atoms with Crippen molar-refractivity contribution in [2.45, 2.75) is 33.3 Å². The summed E-state index contributed by atoms with van der Waals surface area (Å²) in [5.41, 5.74) is 4.93. The number of rotatable bonds is 3. The highest BCUT2D eigenvalue weighted by Gasteiger charge is 2.13. The molecule has 1 heterocycles. The second-order valence-electron chi connectivity index (χ2n) is 4.62. The molecule has 0 aliphatic carbocycles. The summed E-state index contributed by atoms with van der Waals surface area (Å²) in [5.74, 6) is 0. The highest BCUT2D eigenvalue weighted by molar-refractivity contribution is 7.10. The average Bonchev–Trinajstić information content (AvgIpc) is 2.70. The minimum absolute atomic E-state index is 0.379. The van der Waals surface area contributed by atoms with Gasteiger partial charge in [0.05, 0.1) is 6.10 Å².